The van der Waals surface area contributed by atoms with E-state index in [1.54, 1.807) is 0 Å². The molecule has 4 rings (SSSR count). The fraction of sp³-hybridized carbons (Fsp3) is 0.636. The maximum atomic E-state index is 9.99. The number of phenols is 1. The molecule has 0 aromatic heterocycles. The van der Waals surface area contributed by atoms with E-state index in [1.807, 2.05) is 12.1 Å². The zero-order valence-corrected chi connectivity index (χ0v) is 14.6. The molecule has 1 N–H and O–H groups in total. The maximum absolute atomic E-state index is 9.99. The predicted molar refractivity (Wildman–Crippen MR) is 96.5 cm³/mol. The Balaban J connectivity index is 1.77. The molecule has 0 aliphatic heterocycles. The molecule has 3 aliphatic rings. The first-order valence-corrected chi connectivity index (χ1v) is 9.65. The van der Waals surface area contributed by atoms with E-state index >= 15 is 0 Å². The van der Waals surface area contributed by atoms with Crippen molar-refractivity contribution in [3.05, 3.63) is 35.4 Å². The van der Waals surface area contributed by atoms with Gasteiger partial charge in [0.05, 0.1) is 0 Å². The summed E-state index contributed by atoms with van der Waals surface area (Å²) < 4.78 is 0. The molecule has 0 amide bonds. The lowest BCUT2D eigenvalue weighted by Gasteiger charge is -2.49. The largest absolute Gasteiger partial charge is 0.508 e. The van der Waals surface area contributed by atoms with E-state index in [2.05, 4.69) is 26.0 Å². The minimum absolute atomic E-state index is 0.422. The number of aromatic hydroxyl groups is 1. The van der Waals surface area contributed by atoms with Crippen molar-refractivity contribution in [2.45, 2.75) is 71.1 Å². The third-order valence-corrected chi connectivity index (χ3v) is 7.14. The Bertz CT molecular complexity index is 629. The average molecular weight is 310 g/mol. The van der Waals surface area contributed by atoms with Gasteiger partial charge in [0.1, 0.15) is 5.75 Å². The van der Waals surface area contributed by atoms with Gasteiger partial charge in [-0.05, 0) is 90.5 Å². The van der Waals surface area contributed by atoms with E-state index in [-0.39, 0.29) is 0 Å². The molecule has 0 saturated heterocycles. The summed E-state index contributed by atoms with van der Waals surface area (Å²) in [6.45, 7) is 4.81. The van der Waals surface area contributed by atoms with Crippen LogP contribution < -0.4 is 0 Å². The Hall–Kier alpha value is -1.24. The van der Waals surface area contributed by atoms with E-state index in [4.69, 9.17) is 0 Å². The summed E-state index contributed by atoms with van der Waals surface area (Å²) in [6.07, 6.45) is 13.1. The van der Waals surface area contributed by atoms with Gasteiger partial charge in [-0.25, -0.2) is 0 Å². The van der Waals surface area contributed by atoms with Crippen molar-refractivity contribution in [2.24, 2.45) is 17.3 Å². The number of rotatable bonds is 2. The molecule has 0 radical (unpaired) electrons. The van der Waals surface area contributed by atoms with Gasteiger partial charge in [0.2, 0.25) is 0 Å². The van der Waals surface area contributed by atoms with Gasteiger partial charge in [-0.2, -0.15) is 0 Å². The lowest BCUT2D eigenvalue weighted by Crippen LogP contribution is -2.39. The van der Waals surface area contributed by atoms with Crippen molar-refractivity contribution >= 4 is 5.57 Å². The zero-order chi connectivity index (χ0) is 16.0. The summed E-state index contributed by atoms with van der Waals surface area (Å²) in [5.41, 5.74) is 4.98. The highest BCUT2D eigenvalue weighted by molar-refractivity contribution is 5.72. The predicted octanol–water partition coefficient (Wildman–Crippen LogP) is 6.28. The fourth-order valence-corrected chi connectivity index (χ4v) is 5.97. The topological polar surface area (TPSA) is 20.2 Å². The van der Waals surface area contributed by atoms with Gasteiger partial charge in [-0.15, -0.1) is 0 Å². The Labute approximate surface area is 140 Å². The van der Waals surface area contributed by atoms with Crippen LogP contribution in [0.3, 0.4) is 0 Å². The number of unbranched alkanes of at least 4 members (excludes halogenated alkanes) is 1. The van der Waals surface area contributed by atoms with Crippen molar-refractivity contribution in [1.82, 2.24) is 0 Å². The van der Waals surface area contributed by atoms with Crippen LogP contribution in [0.4, 0.5) is 0 Å². The molecule has 1 aromatic carbocycles. The molecule has 1 heteroatoms. The van der Waals surface area contributed by atoms with E-state index in [9.17, 15) is 5.11 Å². The standard InChI is InChI=1S/C22H30O/c1-3-4-6-15-13-20-18(17-9-8-16(23)14-19(15)17)10-12-22(2)11-5-7-21(20)22/h6,8-9,14,18,20-21,23H,3-5,7,10-13H2,1-2H3/b15-6-/t18-,20-,21+,22+/m1/s1. The quantitative estimate of drug-likeness (QED) is 0.681. The van der Waals surface area contributed by atoms with E-state index < -0.39 is 0 Å². The van der Waals surface area contributed by atoms with Crippen LogP contribution in [0.2, 0.25) is 0 Å². The van der Waals surface area contributed by atoms with Gasteiger partial charge in [0, 0.05) is 0 Å². The van der Waals surface area contributed by atoms with Crippen molar-refractivity contribution in [3.63, 3.8) is 0 Å². The average Bonchev–Trinajstić information content (AvgIpc) is 2.94. The molecule has 1 nitrogen and oxygen atoms in total. The van der Waals surface area contributed by atoms with Gasteiger partial charge < -0.3 is 5.11 Å². The van der Waals surface area contributed by atoms with Crippen molar-refractivity contribution in [2.75, 3.05) is 0 Å². The molecule has 3 aliphatic carbocycles. The van der Waals surface area contributed by atoms with Crippen molar-refractivity contribution < 1.29 is 5.11 Å². The number of benzene rings is 1. The summed E-state index contributed by atoms with van der Waals surface area (Å²) in [5, 5.41) is 9.99. The molecular formula is C22H30O. The molecule has 2 fully saturated rings. The molecule has 0 heterocycles. The first kappa shape index (κ1) is 15.3. The van der Waals surface area contributed by atoms with Crippen molar-refractivity contribution in [3.8, 4) is 5.75 Å². The van der Waals surface area contributed by atoms with Gasteiger partial charge >= 0.3 is 0 Å². The molecule has 0 bridgehead atoms. The first-order valence-electron chi connectivity index (χ1n) is 9.65. The molecule has 23 heavy (non-hydrogen) atoms. The first-order chi connectivity index (χ1) is 11.1. The summed E-state index contributed by atoms with van der Waals surface area (Å²) in [6, 6.07) is 6.15. The van der Waals surface area contributed by atoms with Gasteiger partial charge in [-0.3, -0.25) is 0 Å². The van der Waals surface area contributed by atoms with Crippen LogP contribution in [0, 0.1) is 17.3 Å². The lowest BCUT2D eigenvalue weighted by molar-refractivity contribution is 0.0701. The molecule has 124 valence electrons. The van der Waals surface area contributed by atoms with Gasteiger partial charge in [-0.1, -0.05) is 38.8 Å². The Morgan fingerprint density at radius 1 is 1.26 bits per heavy atom. The summed E-state index contributed by atoms with van der Waals surface area (Å²) in [4.78, 5) is 0. The third kappa shape index (κ3) is 2.44. The monoisotopic (exact) mass is 310 g/mol. The zero-order valence-electron chi connectivity index (χ0n) is 14.6. The molecule has 0 unspecified atom stereocenters. The Morgan fingerprint density at radius 3 is 2.96 bits per heavy atom. The highest BCUT2D eigenvalue weighted by Gasteiger charge is 2.50. The van der Waals surface area contributed by atoms with Crippen LogP contribution in [-0.4, -0.2) is 5.11 Å². The van der Waals surface area contributed by atoms with E-state index in [1.165, 1.54) is 61.6 Å². The summed E-state index contributed by atoms with van der Waals surface area (Å²) >= 11 is 0. The molecule has 2 saturated carbocycles. The molecule has 0 spiro atoms. The van der Waals surface area contributed by atoms with E-state index in [0.29, 0.717) is 11.2 Å². The Morgan fingerprint density at radius 2 is 2.13 bits per heavy atom. The third-order valence-electron chi connectivity index (χ3n) is 7.14. The van der Waals surface area contributed by atoms with Crippen molar-refractivity contribution in [1.29, 1.82) is 0 Å². The highest BCUT2D eigenvalue weighted by Crippen LogP contribution is 2.62. The normalized spacial score (nSPS) is 37.3. The van der Waals surface area contributed by atoms with E-state index in [0.717, 1.165) is 24.2 Å². The number of hydrogen-bond acceptors (Lipinski definition) is 1. The lowest BCUT2D eigenvalue weighted by atomic mass is 9.55. The number of fused-ring (bicyclic) bond motifs is 5. The SMILES string of the molecule is CCC/C=C1/C[C@@H]2[C@H](CC[C@]3(C)CCC[C@@H]23)c2ccc(O)cc21. The Kier molecular flexibility index (Phi) is 3.78. The van der Waals surface area contributed by atoms with Gasteiger partial charge in [0.25, 0.3) is 0 Å². The van der Waals surface area contributed by atoms with Crippen LogP contribution in [0.15, 0.2) is 24.3 Å². The van der Waals surface area contributed by atoms with Crippen LogP contribution in [-0.2, 0) is 0 Å². The number of phenolic OH excluding ortho intramolecular Hbond substituents is 1. The molecule has 4 atom stereocenters. The van der Waals surface area contributed by atoms with Gasteiger partial charge in [0.15, 0.2) is 0 Å². The second kappa shape index (κ2) is 5.69. The van der Waals surface area contributed by atoms with Crippen LogP contribution in [0.5, 0.6) is 5.75 Å². The second-order valence-electron chi connectivity index (χ2n) is 8.46. The number of hydrogen-bond donors (Lipinski definition) is 1. The summed E-state index contributed by atoms with van der Waals surface area (Å²) in [5.74, 6) is 2.89. The highest BCUT2D eigenvalue weighted by atomic mass is 16.3. The minimum Gasteiger partial charge on any atom is -0.508 e. The second-order valence-corrected chi connectivity index (χ2v) is 8.46. The smallest absolute Gasteiger partial charge is 0.116 e. The molecule has 1 aromatic rings. The molecular weight excluding hydrogens is 280 g/mol. The maximum Gasteiger partial charge on any atom is 0.116 e. The fourth-order valence-electron chi connectivity index (χ4n) is 5.97. The van der Waals surface area contributed by atoms with Crippen LogP contribution in [0.25, 0.3) is 5.57 Å². The van der Waals surface area contributed by atoms with Crippen LogP contribution in [0.1, 0.15) is 82.3 Å². The summed E-state index contributed by atoms with van der Waals surface area (Å²) in [7, 11) is 0. The minimum atomic E-state index is 0.422. The number of allylic oxidation sites excluding steroid dienone is 2. The van der Waals surface area contributed by atoms with Crippen LogP contribution >= 0.6 is 0 Å².